The molecule has 1 amide bonds. The van der Waals surface area contributed by atoms with E-state index in [4.69, 9.17) is 0 Å². The summed E-state index contributed by atoms with van der Waals surface area (Å²) in [4.78, 5) is 28.8. The average Bonchev–Trinajstić information content (AvgIpc) is 2.65. The molecule has 1 aromatic heterocycles. The van der Waals surface area contributed by atoms with Crippen LogP contribution in [-0.4, -0.2) is 21.2 Å². The van der Waals surface area contributed by atoms with E-state index < -0.39 is 17.2 Å². The molecule has 0 radical (unpaired) electrons. The SMILES string of the molecule is Cc1ccc(NC(=O)CSc2nccn(-c3ccc(F)c(F)c3)c2=O)c(C)c1. The van der Waals surface area contributed by atoms with Crippen molar-refractivity contribution in [3.8, 4) is 5.69 Å². The maximum atomic E-state index is 13.5. The molecule has 0 bridgehead atoms. The van der Waals surface area contributed by atoms with Crippen molar-refractivity contribution in [3.63, 3.8) is 0 Å². The maximum absolute atomic E-state index is 13.5. The minimum absolute atomic E-state index is 0.0165. The van der Waals surface area contributed by atoms with Gasteiger partial charge < -0.3 is 5.32 Å². The highest BCUT2D eigenvalue weighted by molar-refractivity contribution is 7.99. The highest BCUT2D eigenvalue weighted by Gasteiger charge is 2.12. The van der Waals surface area contributed by atoms with Crippen LogP contribution in [0.1, 0.15) is 11.1 Å². The molecule has 1 heterocycles. The Morgan fingerprint density at radius 1 is 1.14 bits per heavy atom. The van der Waals surface area contributed by atoms with Gasteiger partial charge >= 0.3 is 0 Å². The van der Waals surface area contributed by atoms with Crippen molar-refractivity contribution in [2.45, 2.75) is 18.9 Å². The molecule has 0 aliphatic rings. The van der Waals surface area contributed by atoms with Crippen molar-refractivity contribution in [2.75, 3.05) is 11.1 Å². The Balaban J connectivity index is 1.73. The summed E-state index contributed by atoms with van der Waals surface area (Å²) in [5.74, 6) is -2.34. The molecule has 144 valence electrons. The number of thioether (sulfide) groups is 1. The number of halogens is 2. The molecule has 0 saturated heterocycles. The first-order valence-corrected chi connectivity index (χ1v) is 9.36. The van der Waals surface area contributed by atoms with E-state index in [1.807, 2.05) is 32.0 Å². The number of aryl methyl sites for hydroxylation is 2. The van der Waals surface area contributed by atoms with E-state index in [1.165, 1.54) is 18.5 Å². The van der Waals surface area contributed by atoms with Crippen LogP contribution in [0.5, 0.6) is 0 Å². The molecule has 0 fully saturated rings. The smallest absolute Gasteiger partial charge is 0.287 e. The van der Waals surface area contributed by atoms with Crippen molar-refractivity contribution in [1.82, 2.24) is 9.55 Å². The minimum atomic E-state index is -1.05. The second-order valence-electron chi connectivity index (χ2n) is 6.16. The van der Waals surface area contributed by atoms with Crippen LogP contribution in [0.25, 0.3) is 5.69 Å². The largest absolute Gasteiger partial charge is 0.325 e. The van der Waals surface area contributed by atoms with Gasteiger partial charge in [-0.3, -0.25) is 14.2 Å². The first-order chi connectivity index (χ1) is 13.3. The number of carbonyl (C=O) groups is 1. The number of aromatic nitrogens is 2. The maximum Gasteiger partial charge on any atom is 0.287 e. The Kier molecular flexibility index (Phi) is 5.89. The standard InChI is InChI=1S/C20H17F2N3O2S/c1-12-3-6-17(13(2)9-12)24-18(26)11-28-19-20(27)25(8-7-23-19)14-4-5-15(21)16(22)10-14/h3-10H,11H2,1-2H3,(H,24,26). The number of nitrogens with zero attached hydrogens (tertiary/aromatic N) is 2. The van der Waals surface area contributed by atoms with Gasteiger partial charge in [-0.15, -0.1) is 0 Å². The van der Waals surface area contributed by atoms with Gasteiger partial charge in [0.05, 0.1) is 11.4 Å². The molecule has 0 atom stereocenters. The fourth-order valence-electron chi connectivity index (χ4n) is 2.60. The van der Waals surface area contributed by atoms with Crippen LogP contribution in [0.4, 0.5) is 14.5 Å². The highest BCUT2D eigenvalue weighted by Crippen LogP contribution is 2.18. The van der Waals surface area contributed by atoms with Gasteiger partial charge in [0.25, 0.3) is 5.56 Å². The van der Waals surface area contributed by atoms with Crippen molar-refractivity contribution in [3.05, 3.63) is 81.9 Å². The number of nitrogens with one attached hydrogen (secondary N) is 1. The minimum Gasteiger partial charge on any atom is -0.325 e. The van der Waals surface area contributed by atoms with E-state index in [9.17, 15) is 18.4 Å². The predicted molar refractivity (Wildman–Crippen MR) is 105 cm³/mol. The third-order valence-electron chi connectivity index (χ3n) is 3.99. The van der Waals surface area contributed by atoms with E-state index in [0.717, 1.165) is 39.6 Å². The fourth-order valence-corrected chi connectivity index (χ4v) is 3.30. The first kappa shape index (κ1) is 19.8. The molecule has 3 aromatic rings. The third-order valence-corrected chi connectivity index (χ3v) is 4.95. The molecular formula is C20H17F2N3O2S. The van der Waals surface area contributed by atoms with Crippen molar-refractivity contribution in [1.29, 1.82) is 0 Å². The zero-order valence-corrected chi connectivity index (χ0v) is 16.0. The predicted octanol–water partition coefficient (Wildman–Crippen LogP) is 3.86. The number of hydrogen-bond acceptors (Lipinski definition) is 4. The van der Waals surface area contributed by atoms with Gasteiger partial charge in [0.15, 0.2) is 16.7 Å². The van der Waals surface area contributed by atoms with Crippen LogP contribution < -0.4 is 10.9 Å². The molecule has 0 saturated carbocycles. The number of hydrogen-bond donors (Lipinski definition) is 1. The van der Waals surface area contributed by atoms with Gasteiger partial charge in [0, 0.05) is 24.1 Å². The van der Waals surface area contributed by atoms with Crippen LogP contribution >= 0.6 is 11.8 Å². The van der Waals surface area contributed by atoms with Gasteiger partial charge in [0.1, 0.15) is 0 Å². The highest BCUT2D eigenvalue weighted by atomic mass is 32.2. The second-order valence-corrected chi connectivity index (χ2v) is 7.13. The molecule has 1 N–H and O–H groups in total. The molecule has 28 heavy (non-hydrogen) atoms. The Morgan fingerprint density at radius 3 is 2.64 bits per heavy atom. The lowest BCUT2D eigenvalue weighted by molar-refractivity contribution is -0.113. The summed E-state index contributed by atoms with van der Waals surface area (Å²) < 4.78 is 27.7. The Hall–Kier alpha value is -3.00. The van der Waals surface area contributed by atoms with Crippen LogP contribution in [0.15, 0.2) is 58.6 Å². The summed E-state index contributed by atoms with van der Waals surface area (Å²) in [6.45, 7) is 3.86. The average molecular weight is 401 g/mol. The number of rotatable bonds is 5. The number of amides is 1. The molecular weight excluding hydrogens is 384 g/mol. The molecule has 5 nitrogen and oxygen atoms in total. The normalized spacial score (nSPS) is 10.7. The van der Waals surface area contributed by atoms with Gasteiger partial charge in [-0.1, -0.05) is 29.5 Å². The second kappa shape index (κ2) is 8.35. The topological polar surface area (TPSA) is 64.0 Å². The van der Waals surface area contributed by atoms with Gasteiger partial charge in [-0.25, -0.2) is 13.8 Å². The lowest BCUT2D eigenvalue weighted by Gasteiger charge is -2.10. The summed E-state index contributed by atoms with van der Waals surface area (Å²) in [5, 5.41) is 2.89. The fraction of sp³-hybridized carbons (Fsp3) is 0.150. The molecule has 3 rings (SSSR count). The van der Waals surface area contributed by atoms with E-state index in [-0.39, 0.29) is 22.4 Å². The first-order valence-electron chi connectivity index (χ1n) is 8.38. The Bertz CT molecular complexity index is 1100. The molecule has 0 spiro atoms. The van der Waals surface area contributed by atoms with Crippen LogP contribution in [-0.2, 0) is 4.79 Å². The van der Waals surface area contributed by atoms with Crippen molar-refractivity contribution >= 4 is 23.4 Å². The lowest BCUT2D eigenvalue weighted by atomic mass is 10.1. The van der Waals surface area contributed by atoms with Crippen molar-refractivity contribution in [2.24, 2.45) is 0 Å². The van der Waals surface area contributed by atoms with E-state index in [1.54, 1.807) is 0 Å². The zero-order valence-electron chi connectivity index (χ0n) is 15.2. The summed E-state index contributed by atoms with van der Waals surface area (Å²) >= 11 is 0.975. The molecule has 8 heteroatoms. The van der Waals surface area contributed by atoms with E-state index in [0.29, 0.717) is 5.69 Å². The van der Waals surface area contributed by atoms with Crippen LogP contribution in [0.3, 0.4) is 0 Å². The Morgan fingerprint density at radius 2 is 1.93 bits per heavy atom. The van der Waals surface area contributed by atoms with Gasteiger partial charge in [0.2, 0.25) is 5.91 Å². The molecule has 0 unspecified atom stereocenters. The molecule has 2 aromatic carbocycles. The summed E-state index contributed by atoms with van der Waals surface area (Å²) in [5.41, 5.74) is 2.40. The number of benzene rings is 2. The number of carbonyl (C=O) groups excluding carboxylic acids is 1. The number of anilines is 1. The summed E-state index contributed by atoms with van der Waals surface area (Å²) in [6, 6.07) is 8.85. The van der Waals surface area contributed by atoms with Crippen LogP contribution in [0, 0.1) is 25.5 Å². The zero-order chi connectivity index (χ0) is 20.3. The van der Waals surface area contributed by atoms with E-state index in [2.05, 4.69) is 10.3 Å². The Labute approximate surface area is 164 Å². The monoisotopic (exact) mass is 401 g/mol. The molecule has 0 aliphatic carbocycles. The van der Waals surface area contributed by atoms with E-state index >= 15 is 0 Å². The van der Waals surface area contributed by atoms with Gasteiger partial charge in [-0.2, -0.15) is 0 Å². The van der Waals surface area contributed by atoms with Crippen molar-refractivity contribution < 1.29 is 13.6 Å². The molecule has 0 aliphatic heterocycles. The summed E-state index contributed by atoms with van der Waals surface area (Å²) in [6.07, 6.45) is 2.72. The lowest BCUT2D eigenvalue weighted by Crippen LogP contribution is -2.22. The quantitative estimate of drug-likeness (QED) is 0.660. The van der Waals surface area contributed by atoms with Crippen LogP contribution in [0.2, 0.25) is 0 Å². The third kappa shape index (κ3) is 4.45. The van der Waals surface area contributed by atoms with Gasteiger partial charge in [-0.05, 0) is 37.6 Å². The summed E-state index contributed by atoms with van der Waals surface area (Å²) in [7, 11) is 0.